The van der Waals surface area contributed by atoms with Crippen molar-refractivity contribution >= 4 is 41.9 Å². The van der Waals surface area contributed by atoms with Crippen LogP contribution in [0.1, 0.15) is 40.2 Å². The Morgan fingerprint density at radius 2 is 1.40 bits per heavy atom. The van der Waals surface area contributed by atoms with Gasteiger partial charge < -0.3 is 20.5 Å². The monoisotopic (exact) mass is 732 g/mol. The molecule has 0 heterocycles. The van der Waals surface area contributed by atoms with Crippen LogP contribution in [0, 0.1) is 11.3 Å². The number of methoxy groups -OCH3 is 1. The number of nitrogens with one attached hydrogen (secondary N) is 2. The minimum Gasteiger partial charge on any atom is -0.497 e. The van der Waals surface area contributed by atoms with E-state index in [-0.39, 0.29) is 34.0 Å². The molecule has 0 spiro atoms. The average molecular weight is 733 g/mol. The molecular formula is C31H48N4O10S3. The van der Waals surface area contributed by atoms with Crippen LogP contribution in [0.4, 0.5) is 0 Å². The summed E-state index contributed by atoms with van der Waals surface area (Å²) in [4.78, 5) is 26.8. The van der Waals surface area contributed by atoms with Crippen LogP contribution in [0.5, 0.6) is 5.75 Å². The van der Waals surface area contributed by atoms with E-state index in [1.165, 1.54) is 31.4 Å². The number of carbonyl (C=O) groups is 2. The fraction of sp³-hybridized carbons (Fsp3) is 0.548. The van der Waals surface area contributed by atoms with Crippen molar-refractivity contribution < 1.29 is 44.7 Å². The third-order valence-electron chi connectivity index (χ3n) is 7.19. The van der Waals surface area contributed by atoms with E-state index >= 15 is 0 Å². The highest BCUT2D eigenvalue weighted by Crippen LogP contribution is 2.23. The van der Waals surface area contributed by atoms with Crippen LogP contribution < -0.4 is 15.4 Å². The molecule has 0 aliphatic rings. The highest BCUT2D eigenvalue weighted by Gasteiger charge is 2.38. The summed E-state index contributed by atoms with van der Waals surface area (Å²) in [6.07, 6.45) is -0.0554. The van der Waals surface area contributed by atoms with Crippen LogP contribution in [0.3, 0.4) is 0 Å². The number of hydrogen-bond donors (Lipinski definition) is 3. The van der Waals surface area contributed by atoms with E-state index in [0.29, 0.717) is 18.3 Å². The number of amides is 2. The number of aliphatic hydroxyl groups excluding tert-OH is 1. The third kappa shape index (κ3) is 12.1. The largest absolute Gasteiger partial charge is 0.497 e. The first kappa shape index (κ1) is 41.1. The van der Waals surface area contributed by atoms with Crippen molar-refractivity contribution in [3.8, 4) is 5.75 Å². The quantitative estimate of drug-likeness (QED) is 0.213. The first-order chi connectivity index (χ1) is 22.0. The summed E-state index contributed by atoms with van der Waals surface area (Å²) in [6.45, 7) is 7.17. The number of carbonyl (C=O) groups excluding carboxylic acids is 2. The Morgan fingerprint density at radius 3 is 1.85 bits per heavy atom. The second-order valence-corrected chi connectivity index (χ2v) is 19.1. The number of benzene rings is 2. The molecule has 0 saturated carbocycles. The van der Waals surface area contributed by atoms with Crippen LogP contribution in [-0.2, 0) is 46.1 Å². The predicted octanol–water partition coefficient (Wildman–Crippen LogP) is 1.18. The van der Waals surface area contributed by atoms with E-state index in [1.54, 1.807) is 51.1 Å². The molecule has 2 amide bonds. The smallest absolute Gasteiger partial charge is 0.243 e. The van der Waals surface area contributed by atoms with Gasteiger partial charge in [-0.05, 0) is 47.6 Å². The van der Waals surface area contributed by atoms with Gasteiger partial charge in [-0.25, -0.2) is 25.3 Å². The van der Waals surface area contributed by atoms with Gasteiger partial charge in [0.2, 0.25) is 41.9 Å². The summed E-state index contributed by atoms with van der Waals surface area (Å²) in [5, 5.41) is 16.8. The van der Waals surface area contributed by atoms with Crippen molar-refractivity contribution in [3.05, 3.63) is 60.2 Å². The lowest BCUT2D eigenvalue weighted by atomic mass is 9.85. The van der Waals surface area contributed by atoms with Crippen LogP contribution in [0.25, 0.3) is 0 Å². The zero-order valence-corrected chi connectivity index (χ0v) is 31.0. The van der Waals surface area contributed by atoms with Crippen LogP contribution in [0.15, 0.2) is 59.5 Å². The van der Waals surface area contributed by atoms with Crippen molar-refractivity contribution in [2.24, 2.45) is 11.3 Å². The lowest BCUT2D eigenvalue weighted by Crippen LogP contribution is -2.59. The SMILES string of the molecule is COc1ccc(S(=O)(=O)N(CC(C)C)CC(O)C(Cc2ccccc2)NC(=O)[C@@H](NC(=O)CN(S(C)(=O)=O)S(C)(=O)=O)C(C)(C)C)cc1. The topological polar surface area (TPSA) is 197 Å². The average Bonchev–Trinajstić information content (AvgIpc) is 2.96. The predicted molar refractivity (Wildman–Crippen MR) is 182 cm³/mol. The zero-order valence-electron chi connectivity index (χ0n) is 28.6. The maximum absolute atomic E-state index is 13.8. The van der Waals surface area contributed by atoms with Gasteiger partial charge in [-0.15, -0.1) is 0 Å². The Bertz CT molecular complexity index is 1680. The Hall–Kier alpha value is -3.09. The lowest BCUT2D eigenvalue weighted by Gasteiger charge is -2.34. The zero-order chi connectivity index (χ0) is 36.7. The van der Waals surface area contributed by atoms with E-state index in [2.05, 4.69) is 10.6 Å². The fourth-order valence-electron chi connectivity index (χ4n) is 4.81. The van der Waals surface area contributed by atoms with Gasteiger partial charge in [0.25, 0.3) is 0 Å². The second kappa shape index (κ2) is 16.5. The Morgan fingerprint density at radius 1 is 0.854 bits per heavy atom. The molecule has 0 saturated heterocycles. The van der Waals surface area contributed by atoms with Gasteiger partial charge in [0.15, 0.2) is 0 Å². The van der Waals surface area contributed by atoms with Crippen LogP contribution >= 0.6 is 0 Å². The molecule has 0 fully saturated rings. The molecule has 0 radical (unpaired) electrons. The van der Waals surface area contributed by atoms with Crippen molar-refractivity contribution in [3.63, 3.8) is 0 Å². The maximum atomic E-state index is 13.8. The molecule has 0 aliphatic heterocycles. The van der Waals surface area contributed by atoms with Gasteiger partial charge in [-0.2, -0.15) is 4.31 Å². The number of nitrogens with zero attached hydrogens (tertiary/aromatic N) is 2. The summed E-state index contributed by atoms with van der Waals surface area (Å²) in [6, 6.07) is 12.4. The number of hydrogen-bond acceptors (Lipinski definition) is 10. The molecule has 270 valence electrons. The first-order valence-electron chi connectivity index (χ1n) is 15.1. The number of aliphatic hydroxyl groups is 1. The van der Waals surface area contributed by atoms with E-state index in [0.717, 1.165) is 9.87 Å². The molecule has 14 nitrogen and oxygen atoms in total. The molecule has 2 aromatic carbocycles. The molecular weight excluding hydrogens is 685 g/mol. The molecule has 3 N–H and O–H groups in total. The van der Waals surface area contributed by atoms with E-state index < -0.39 is 72.0 Å². The number of ether oxygens (including phenoxy) is 1. The molecule has 0 aliphatic carbocycles. The minimum absolute atomic E-state index is 0.00691. The summed E-state index contributed by atoms with van der Waals surface area (Å²) >= 11 is 0. The van der Waals surface area contributed by atoms with Gasteiger partial charge in [0.1, 0.15) is 18.3 Å². The molecule has 48 heavy (non-hydrogen) atoms. The van der Waals surface area contributed by atoms with E-state index in [1.807, 2.05) is 13.8 Å². The van der Waals surface area contributed by atoms with Crippen molar-refractivity contribution in [2.75, 3.05) is 39.3 Å². The number of rotatable bonds is 17. The Labute approximate surface area is 285 Å². The molecule has 3 atom stereocenters. The Kier molecular flexibility index (Phi) is 14.2. The summed E-state index contributed by atoms with van der Waals surface area (Å²) < 4.78 is 82.1. The molecule has 0 aromatic heterocycles. The highest BCUT2D eigenvalue weighted by molar-refractivity contribution is 8.03. The highest BCUT2D eigenvalue weighted by atomic mass is 32.3. The van der Waals surface area contributed by atoms with Crippen molar-refractivity contribution in [1.29, 1.82) is 0 Å². The molecule has 0 bridgehead atoms. The molecule has 2 rings (SSSR count). The van der Waals surface area contributed by atoms with E-state index in [4.69, 9.17) is 4.74 Å². The van der Waals surface area contributed by atoms with Gasteiger partial charge >= 0.3 is 0 Å². The van der Waals surface area contributed by atoms with Crippen LogP contribution in [0.2, 0.25) is 0 Å². The van der Waals surface area contributed by atoms with Gasteiger partial charge in [0, 0.05) is 13.1 Å². The van der Waals surface area contributed by atoms with Gasteiger partial charge in [-0.3, -0.25) is 9.59 Å². The lowest BCUT2D eigenvalue weighted by molar-refractivity contribution is -0.132. The molecule has 2 aromatic rings. The second-order valence-electron chi connectivity index (χ2n) is 13.1. The summed E-state index contributed by atoms with van der Waals surface area (Å²) in [5.74, 6) is -1.45. The van der Waals surface area contributed by atoms with Gasteiger partial charge in [0.05, 0.1) is 36.7 Å². The van der Waals surface area contributed by atoms with Crippen molar-refractivity contribution in [1.82, 2.24) is 18.6 Å². The first-order valence-corrected chi connectivity index (χ1v) is 20.2. The minimum atomic E-state index is -4.34. The third-order valence-corrected chi connectivity index (χ3v) is 12.4. The normalized spacial score (nSPS) is 14.8. The molecule has 17 heteroatoms. The molecule has 2 unspecified atom stereocenters. The van der Waals surface area contributed by atoms with Gasteiger partial charge in [-0.1, -0.05) is 68.7 Å². The summed E-state index contributed by atoms with van der Waals surface area (Å²) in [5.41, 5.74) is -0.242. The summed E-state index contributed by atoms with van der Waals surface area (Å²) in [7, 11) is -11.3. The Balaban J connectivity index is 2.44. The van der Waals surface area contributed by atoms with Crippen molar-refractivity contribution in [2.45, 2.75) is 64.1 Å². The fourth-order valence-corrected chi connectivity index (χ4v) is 9.10. The van der Waals surface area contributed by atoms with E-state index in [9.17, 15) is 39.9 Å². The van der Waals surface area contributed by atoms with Crippen LogP contribution in [-0.4, -0.2) is 108 Å². The standard InChI is InChI=1S/C31H48N4O10S3/c1-22(2)19-34(48(43,44)25-16-14-24(45-6)15-17-25)20-27(36)26(18-23-12-10-9-11-13-23)32-30(38)29(31(3,4)5)33-28(37)21-35(46(7,39)40)47(8,41)42/h9-17,22,26-27,29,36H,18-21H2,1-8H3,(H,32,38)(H,33,37)/t26?,27?,29-/m1/s1. The maximum Gasteiger partial charge on any atom is 0.243 e. The number of sulfonamides is 3.